The summed E-state index contributed by atoms with van der Waals surface area (Å²) < 4.78 is 11.0. The zero-order valence-corrected chi connectivity index (χ0v) is 18.2. The molecule has 0 aliphatic carbocycles. The normalized spacial score (nSPS) is 22.4. The summed E-state index contributed by atoms with van der Waals surface area (Å²) in [7, 11) is 0. The molecule has 1 fully saturated rings. The second kappa shape index (κ2) is 7.87. The first-order chi connectivity index (χ1) is 16.5. The van der Waals surface area contributed by atoms with Gasteiger partial charge >= 0.3 is 0 Å². The van der Waals surface area contributed by atoms with Crippen molar-refractivity contribution in [3.8, 4) is 11.4 Å². The lowest BCUT2D eigenvalue weighted by atomic mass is 10.0. The molecule has 6 rings (SSSR count). The first-order valence-electron chi connectivity index (χ1n) is 11.2. The highest BCUT2D eigenvalue weighted by molar-refractivity contribution is 6.21. The smallest absolute Gasteiger partial charge is 0.278 e. The molecule has 1 aromatic heterocycles. The highest BCUT2D eigenvalue weighted by Crippen LogP contribution is 2.35. The molecule has 0 spiro atoms. The van der Waals surface area contributed by atoms with Crippen LogP contribution in [0.5, 0.6) is 0 Å². The number of imide groups is 2. The Hall–Kier alpha value is -3.86. The van der Waals surface area contributed by atoms with Gasteiger partial charge in [-0.2, -0.15) is 4.98 Å². The molecule has 11 nitrogen and oxygen atoms in total. The monoisotopic (exact) mass is 463 g/mol. The predicted molar refractivity (Wildman–Crippen MR) is 113 cm³/mol. The molecular formula is C23H21N5O6. The Bertz CT molecular complexity index is 1280. The summed E-state index contributed by atoms with van der Waals surface area (Å²) in [5, 5.41) is 6.34. The number of amides is 4. The highest BCUT2D eigenvalue weighted by atomic mass is 16.5. The van der Waals surface area contributed by atoms with Gasteiger partial charge < -0.3 is 14.2 Å². The second-order valence-electron chi connectivity index (χ2n) is 8.75. The second-order valence-corrected chi connectivity index (χ2v) is 8.75. The van der Waals surface area contributed by atoms with Crippen LogP contribution in [0, 0.1) is 0 Å². The van der Waals surface area contributed by atoms with Crippen molar-refractivity contribution in [2.45, 2.75) is 51.5 Å². The Morgan fingerprint density at radius 1 is 1.09 bits per heavy atom. The minimum Gasteiger partial charge on any atom is -0.372 e. The molecule has 4 aliphatic rings. The lowest BCUT2D eigenvalue weighted by molar-refractivity contribution is -0.150. The van der Waals surface area contributed by atoms with E-state index in [9.17, 15) is 19.2 Å². The Morgan fingerprint density at radius 2 is 1.97 bits per heavy atom. The molecule has 0 radical (unpaired) electrons. The van der Waals surface area contributed by atoms with E-state index in [0.29, 0.717) is 49.9 Å². The van der Waals surface area contributed by atoms with Crippen molar-refractivity contribution >= 4 is 23.6 Å². The zero-order valence-electron chi connectivity index (χ0n) is 18.2. The van der Waals surface area contributed by atoms with Crippen molar-refractivity contribution in [3.63, 3.8) is 0 Å². The molecule has 4 amide bonds. The van der Waals surface area contributed by atoms with Crippen molar-refractivity contribution in [1.29, 1.82) is 0 Å². The number of hydrogen-bond acceptors (Lipinski definition) is 9. The van der Waals surface area contributed by atoms with Crippen LogP contribution in [-0.2, 0) is 43.7 Å². The molecule has 0 bridgehead atoms. The summed E-state index contributed by atoms with van der Waals surface area (Å²) in [6, 6.07) is 4.86. The molecule has 1 saturated heterocycles. The molecular weight excluding hydrogens is 442 g/mol. The molecule has 174 valence electrons. The number of nitrogens with one attached hydrogen (secondary N) is 1. The van der Waals surface area contributed by atoms with Crippen LogP contribution < -0.4 is 5.32 Å². The first-order valence-corrected chi connectivity index (χ1v) is 11.2. The van der Waals surface area contributed by atoms with Crippen LogP contribution in [-0.4, -0.2) is 56.2 Å². The van der Waals surface area contributed by atoms with Gasteiger partial charge in [-0.05, 0) is 30.4 Å². The van der Waals surface area contributed by atoms with E-state index in [1.807, 2.05) is 18.2 Å². The van der Waals surface area contributed by atoms with E-state index in [4.69, 9.17) is 9.26 Å². The summed E-state index contributed by atoms with van der Waals surface area (Å²) in [4.78, 5) is 57.5. The van der Waals surface area contributed by atoms with E-state index in [1.54, 1.807) is 4.90 Å². The third kappa shape index (κ3) is 3.23. The van der Waals surface area contributed by atoms with Gasteiger partial charge in [0, 0.05) is 24.1 Å². The third-order valence-corrected chi connectivity index (χ3v) is 6.69. The number of fused-ring (bicyclic) bond motifs is 1. The summed E-state index contributed by atoms with van der Waals surface area (Å²) >= 11 is 0. The van der Waals surface area contributed by atoms with Crippen molar-refractivity contribution in [3.05, 3.63) is 46.5 Å². The molecule has 1 atom stereocenters. The average Bonchev–Trinajstić information content (AvgIpc) is 3.54. The fourth-order valence-corrected chi connectivity index (χ4v) is 5.07. The standard InChI is InChI=1S/C23H21N5O6/c29-17-7-6-16(21(30)24-17)28-22(31)14-5-2-8-27(19(14)23(28)32)9-18-25-20(26-34-18)13-4-1-3-12-10-33-11-15(12)13/h1,3-4,16H,2,5-11H2,(H,24,29,30). The van der Waals surface area contributed by atoms with E-state index in [-0.39, 0.29) is 25.1 Å². The molecule has 11 heteroatoms. The third-order valence-electron chi connectivity index (χ3n) is 6.69. The van der Waals surface area contributed by atoms with E-state index >= 15 is 0 Å². The minimum absolute atomic E-state index is 0.0842. The Labute approximate surface area is 193 Å². The minimum atomic E-state index is -0.984. The summed E-state index contributed by atoms with van der Waals surface area (Å²) in [6.45, 7) is 1.75. The van der Waals surface area contributed by atoms with E-state index in [1.165, 1.54) is 0 Å². The van der Waals surface area contributed by atoms with Crippen LogP contribution in [0.3, 0.4) is 0 Å². The molecule has 5 heterocycles. The molecule has 1 N–H and O–H groups in total. The van der Waals surface area contributed by atoms with Crippen LogP contribution in [0.25, 0.3) is 11.4 Å². The van der Waals surface area contributed by atoms with E-state index in [2.05, 4.69) is 15.5 Å². The van der Waals surface area contributed by atoms with E-state index in [0.717, 1.165) is 21.6 Å². The quantitative estimate of drug-likeness (QED) is 0.653. The van der Waals surface area contributed by atoms with E-state index < -0.39 is 29.7 Å². The van der Waals surface area contributed by atoms with Crippen LogP contribution in [0.2, 0.25) is 0 Å². The first kappa shape index (κ1) is 20.7. The molecule has 0 saturated carbocycles. The van der Waals surface area contributed by atoms with Crippen molar-refractivity contribution in [1.82, 2.24) is 25.3 Å². The van der Waals surface area contributed by atoms with Crippen LogP contribution in [0.1, 0.15) is 42.7 Å². The SMILES string of the molecule is O=C1CCC(N2C(=O)C3=C(C2=O)N(Cc2nc(-c4cccc5c4COC5)no2)CCC3)C(=O)N1. The van der Waals surface area contributed by atoms with Gasteiger partial charge in [0.25, 0.3) is 11.8 Å². The van der Waals surface area contributed by atoms with Gasteiger partial charge in [0.2, 0.25) is 23.5 Å². The Balaban J connectivity index is 1.24. The number of aromatic nitrogens is 2. The number of carbonyl (C=O) groups is 4. The molecule has 34 heavy (non-hydrogen) atoms. The number of hydrogen-bond donors (Lipinski definition) is 1. The fourth-order valence-electron chi connectivity index (χ4n) is 5.07. The number of nitrogens with zero attached hydrogens (tertiary/aromatic N) is 4. The van der Waals surface area contributed by atoms with Crippen LogP contribution in [0.15, 0.2) is 34.0 Å². The van der Waals surface area contributed by atoms with Crippen LogP contribution in [0.4, 0.5) is 0 Å². The molecule has 1 unspecified atom stereocenters. The lowest BCUT2D eigenvalue weighted by Crippen LogP contribution is -2.55. The van der Waals surface area contributed by atoms with Gasteiger partial charge in [-0.15, -0.1) is 0 Å². The van der Waals surface area contributed by atoms with Gasteiger partial charge in [-0.25, -0.2) is 0 Å². The van der Waals surface area contributed by atoms with Crippen molar-refractivity contribution < 1.29 is 28.4 Å². The molecule has 1 aromatic carbocycles. The summed E-state index contributed by atoms with van der Waals surface area (Å²) in [5.41, 5.74) is 3.64. The maximum atomic E-state index is 13.3. The van der Waals surface area contributed by atoms with Crippen molar-refractivity contribution in [2.75, 3.05) is 6.54 Å². The number of piperidine rings is 1. The summed E-state index contributed by atoms with van der Waals surface area (Å²) in [5.74, 6) is -1.24. The lowest BCUT2D eigenvalue weighted by Gasteiger charge is -2.29. The number of ether oxygens (including phenoxy) is 1. The molecule has 4 aliphatic heterocycles. The number of carbonyl (C=O) groups excluding carboxylic acids is 4. The van der Waals surface area contributed by atoms with Crippen LogP contribution >= 0.6 is 0 Å². The highest BCUT2D eigenvalue weighted by Gasteiger charge is 2.48. The maximum Gasteiger partial charge on any atom is 0.278 e. The Morgan fingerprint density at radius 3 is 2.82 bits per heavy atom. The van der Waals surface area contributed by atoms with Crippen molar-refractivity contribution in [2.24, 2.45) is 0 Å². The predicted octanol–water partition coefficient (Wildman–Crippen LogP) is 0.791. The molecule has 2 aromatic rings. The van der Waals surface area contributed by atoms with Gasteiger partial charge in [0.05, 0.1) is 19.8 Å². The number of benzene rings is 1. The van der Waals surface area contributed by atoms with Gasteiger partial charge in [-0.3, -0.25) is 29.4 Å². The maximum absolute atomic E-state index is 13.3. The van der Waals surface area contributed by atoms with Gasteiger partial charge in [0.1, 0.15) is 11.7 Å². The average molecular weight is 463 g/mol. The van der Waals surface area contributed by atoms with Gasteiger partial charge in [-0.1, -0.05) is 23.4 Å². The zero-order chi connectivity index (χ0) is 23.4. The van der Waals surface area contributed by atoms with Gasteiger partial charge in [0.15, 0.2) is 0 Å². The largest absolute Gasteiger partial charge is 0.372 e. The fraction of sp³-hybridized carbons (Fsp3) is 0.391. The Kier molecular flexibility index (Phi) is 4.80. The summed E-state index contributed by atoms with van der Waals surface area (Å²) in [6.07, 6.45) is 1.33. The number of rotatable bonds is 4. The topological polar surface area (TPSA) is 135 Å².